The van der Waals surface area contributed by atoms with Gasteiger partial charge in [-0.1, -0.05) is 13.0 Å². The molecule has 3 aromatic rings. The summed E-state index contributed by atoms with van der Waals surface area (Å²) in [5, 5.41) is 6.74. The van der Waals surface area contributed by atoms with Crippen molar-refractivity contribution in [3.8, 4) is 11.3 Å². The maximum atomic E-state index is 4.64. The van der Waals surface area contributed by atoms with Gasteiger partial charge in [0.25, 0.3) is 0 Å². The predicted molar refractivity (Wildman–Crippen MR) is 105 cm³/mol. The maximum absolute atomic E-state index is 4.64. The van der Waals surface area contributed by atoms with E-state index in [1.54, 1.807) is 6.20 Å². The molecular weight excluding hydrogens is 324 g/mol. The van der Waals surface area contributed by atoms with E-state index in [1.807, 2.05) is 48.8 Å². The molecule has 3 heterocycles. The fraction of sp³-hybridized carbons (Fsp3) is 0.300. The zero-order valence-electron chi connectivity index (χ0n) is 15.2. The molecule has 0 aliphatic heterocycles. The lowest BCUT2D eigenvalue weighted by Gasteiger charge is -2.14. The second kappa shape index (κ2) is 8.89. The van der Waals surface area contributed by atoms with Crippen LogP contribution in [-0.2, 0) is 6.42 Å². The number of nitrogens with one attached hydrogen (secondary N) is 2. The minimum atomic E-state index is 0.306. The van der Waals surface area contributed by atoms with Crippen LogP contribution in [0.15, 0.2) is 55.0 Å². The van der Waals surface area contributed by atoms with Gasteiger partial charge in [0.2, 0.25) is 5.95 Å². The number of rotatable bonds is 8. The third-order valence-electron chi connectivity index (χ3n) is 4.08. The van der Waals surface area contributed by atoms with Gasteiger partial charge >= 0.3 is 0 Å². The van der Waals surface area contributed by atoms with Crippen LogP contribution < -0.4 is 10.6 Å². The standard InChI is InChI=1S/C20H24N6/c1-3-15(2)24-20-25-18(16-7-6-10-21-14-16)13-19(26-20)23-12-9-17-8-4-5-11-22-17/h4-8,10-11,13-15H,3,9,12H2,1-2H3,(H2,23,24,25,26)/t15-/m1/s1. The second-order valence-corrected chi connectivity index (χ2v) is 6.16. The number of nitrogens with zero attached hydrogens (tertiary/aromatic N) is 4. The fourth-order valence-corrected chi connectivity index (χ4v) is 2.45. The monoisotopic (exact) mass is 348 g/mol. The molecule has 0 amide bonds. The van der Waals surface area contributed by atoms with Crippen molar-refractivity contribution in [2.45, 2.75) is 32.7 Å². The van der Waals surface area contributed by atoms with Crippen molar-refractivity contribution in [3.05, 3.63) is 60.7 Å². The van der Waals surface area contributed by atoms with Gasteiger partial charge in [0.15, 0.2) is 0 Å². The summed E-state index contributed by atoms with van der Waals surface area (Å²) in [5.74, 6) is 1.42. The van der Waals surface area contributed by atoms with Gasteiger partial charge in [-0.05, 0) is 37.6 Å². The average molecular weight is 348 g/mol. The molecule has 134 valence electrons. The minimum absolute atomic E-state index is 0.306. The minimum Gasteiger partial charge on any atom is -0.369 e. The Labute approximate surface area is 154 Å². The number of hydrogen-bond donors (Lipinski definition) is 2. The molecule has 6 heteroatoms. The summed E-state index contributed by atoms with van der Waals surface area (Å²) < 4.78 is 0. The molecule has 0 radical (unpaired) electrons. The van der Waals surface area contributed by atoms with Gasteiger partial charge in [0, 0.05) is 54.9 Å². The van der Waals surface area contributed by atoms with E-state index in [2.05, 4.69) is 44.4 Å². The zero-order valence-corrected chi connectivity index (χ0v) is 15.2. The molecule has 0 unspecified atom stereocenters. The van der Waals surface area contributed by atoms with Gasteiger partial charge in [0.1, 0.15) is 5.82 Å². The lowest BCUT2D eigenvalue weighted by atomic mass is 10.2. The van der Waals surface area contributed by atoms with E-state index in [0.717, 1.165) is 42.2 Å². The van der Waals surface area contributed by atoms with Crippen LogP contribution in [0.25, 0.3) is 11.3 Å². The number of pyridine rings is 2. The summed E-state index contributed by atoms with van der Waals surface area (Å²) in [4.78, 5) is 17.8. The van der Waals surface area contributed by atoms with Gasteiger partial charge in [-0.15, -0.1) is 0 Å². The van der Waals surface area contributed by atoms with Crippen LogP contribution >= 0.6 is 0 Å². The molecule has 0 spiro atoms. The Bertz CT molecular complexity index is 807. The SMILES string of the molecule is CC[C@@H](C)Nc1nc(NCCc2ccccn2)cc(-c2cccnc2)n1. The van der Waals surface area contributed by atoms with Gasteiger partial charge in [-0.25, -0.2) is 4.98 Å². The molecular formula is C20H24N6. The molecule has 2 N–H and O–H groups in total. The van der Waals surface area contributed by atoms with Crippen molar-refractivity contribution in [1.82, 2.24) is 19.9 Å². The first-order valence-electron chi connectivity index (χ1n) is 8.94. The molecule has 1 atom stereocenters. The molecule has 0 saturated heterocycles. The van der Waals surface area contributed by atoms with E-state index in [-0.39, 0.29) is 0 Å². The number of aromatic nitrogens is 4. The smallest absolute Gasteiger partial charge is 0.225 e. The van der Waals surface area contributed by atoms with Gasteiger partial charge < -0.3 is 10.6 Å². The second-order valence-electron chi connectivity index (χ2n) is 6.16. The van der Waals surface area contributed by atoms with Crippen LogP contribution in [0.4, 0.5) is 11.8 Å². The van der Waals surface area contributed by atoms with Crippen LogP contribution in [0.2, 0.25) is 0 Å². The van der Waals surface area contributed by atoms with Crippen molar-refractivity contribution in [2.24, 2.45) is 0 Å². The molecule has 3 aromatic heterocycles. The van der Waals surface area contributed by atoms with Gasteiger partial charge in [-0.3, -0.25) is 9.97 Å². The Balaban J connectivity index is 1.77. The van der Waals surface area contributed by atoms with Crippen LogP contribution in [-0.4, -0.2) is 32.5 Å². The van der Waals surface area contributed by atoms with Gasteiger partial charge in [-0.2, -0.15) is 4.98 Å². The summed E-state index contributed by atoms with van der Waals surface area (Å²) >= 11 is 0. The van der Waals surface area contributed by atoms with E-state index in [9.17, 15) is 0 Å². The Kier molecular flexibility index (Phi) is 6.09. The topological polar surface area (TPSA) is 75.6 Å². The predicted octanol–water partition coefficient (Wildman–Crippen LogP) is 3.80. The van der Waals surface area contributed by atoms with E-state index in [1.165, 1.54) is 0 Å². The molecule has 6 nitrogen and oxygen atoms in total. The van der Waals surface area contributed by atoms with Crippen LogP contribution in [0, 0.1) is 0 Å². The van der Waals surface area contributed by atoms with Crippen LogP contribution in [0.3, 0.4) is 0 Å². The average Bonchev–Trinajstić information content (AvgIpc) is 2.69. The highest BCUT2D eigenvalue weighted by Gasteiger charge is 2.09. The summed E-state index contributed by atoms with van der Waals surface area (Å²) in [6.45, 7) is 5.01. The van der Waals surface area contributed by atoms with Crippen molar-refractivity contribution in [3.63, 3.8) is 0 Å². The summed E-state index contributed by atoms with van der Waals surface area (Å²) in [6.07, 6.45) is 7.22. The first-order chi connectivity index (χ1) is 12.7. The highest BCUT2D eigenvalue weighted by molar-refractivity contribution is 5.63. The molecule has 3 rings (SSSR count). The third kappa shape index (κ3) is 4.99. The quantitative estimate of drug-likeness (QED) is 0.645. The van der Waals surface area contributed by atoms with Crippen LogP contribution in [0.5, 0.6) is 0 Å². The van der Waals surface area contributed by atoms with Crippen molar-refractivity contribution in [2.75, 3.05) is 17.2 Å². The van der Waals surface area contributed by atoms with Crippen LogP contribution in [0.1, 0.15) is 26.0 Å². The van der Waals surface area contributed by atoms with E-state index in [0.29, 0.717) is 12.0 Å². The summed E-state index contributed by atoms with van der Waals surface area (Å²) in [5.41, 5.74) is 2.87. The first-order valence-corrected chi connectivity index (χ1v) is 8.94. The Morgan fingerprint density at radius 3 is 2.73 bits per heavy atom. The molecule has 0 bridgehead atoms. The fourth-order valence-electron chi connectivity index (χ4n) is 2.45. The molecule has 0 aliphatic carbocycles. The van der Waals surface area contributed by atoms with Crippen molar-refractivity contribution in [1.29, 1.82) is 0 Å². The first kappa shape index (κ1) is 17.8. The van der Waals surface area contributed by atoms with E-state index >= 15 is 0 Å². The summed E-state index contributed by atoms with van der Waals surface area (Å²) in [7, 11) is 0. The largest absolute Gasteiger partial charge is 0.369 e. The maximum Gasteiger partial charge on any atom is 0.225 e. The van der Waals surface area contributed by atoms with E-state index in [4.69, 9.17) is 0 Å². The number of anilines is 2. The summed E-state index contributed by atoms with van der Waals surface area (Å²) in [6, 6.07) is 12.1. The molecule has 0 aromatic carbocycles. The van der Waals surface area contributed by atoms with Crippen molar-refractivity contribution >= 4 is 11.8 Å². The lowest BCUT2D eigenvalue weighted by Crippen LogP contribution is -2.17. The third-order valence-corrected chi connectivity index (χ3v) is 4.08. The molecule has 0 aliphatic rings. The zero-order chi connectivity index (χ0) is 18.2. The Morgan fingerprint density at radius 1 is 1.08 bits per heavy atom. The highest BCUT2D eigenvalue weighted by Crippen LogP contribution is 2.21. The highest BCUT2D eigenvalue weighted by atomic mass is 15.2. The molecule has 0 fully saturated rings. The van der Waals surface area contributed by atoms with Gasteiger partial charge in [0.05, 0.1) is 5.69 Å². The Hall–Kier alpha value is -3.02. The molecule has 0 saturated carbocycles. The molecule has 26 heavy (non-hydrogen) atoms. The Morgan fingerprint density at radius 2 is 2.00 bits per heavy atom. The van der Waals surface area contributed by atoms with Crippen molar-refractivity contribution < 1.29 is 0 Å². The van der Waals surface area contributed by atoms with E-state index < -0.39 is 0 Å². The lowest BCUT2D eigenvalue weighted by molar-refractivity contribution is 0.753. The number of hydrogen-bond acceptors (Lipinski definition) is 6. The normalized spacial score (nSPS) is 11.8.